The first kappa shape index (κ1) is 20.5. The van der Waals surface area contributed by atoms with Crippen LogP contribution in [0.15, 0.2) is 70.9 Å². The minimum atomic E-state index is -0.665. The number of hydrogen-bond acceptors (Lipinski definition) is 3. The molecule has 1 aliphatic carbocycles. The monoisotopic (exact) mass is 404 g/mol. The van der Waals surface area contributed by atoms with Gasteiger partial charge in [-0.1, -0.05) is 57.2 Å². The molecule has 2 heterocycles. The maximum Gasteiger partial charge on any atom is 0.257 e. The Bertz CT molecular complexity index is 971. The summed E-state index contributed by atoms with van der Waals surface area (Å²) < 4.78 is 5.53. The van der Waals surface area contributed by atoms with Crippen molar-refractivity contribution in [2.24, 2.45) is 16.3 Å². The van der Waals surface area contributed by atoms with E-state index in [0.717, 1.165) is 16.8 Å². The van der Waals surface area contributed by atoms with Crippen LogP contribution in [0.2, 0.25) is 0 Å². The lowest BCUT2D eigenvalue weighted by Crippen LogP contribution is -2.41. The Balaban J connectivity index is 1.66. The zero-order valence-corrected chi connectivity index (χ0v) is 17.8. The third-order valence-corrected chi connectivity index (χ3v) is 6.17. The van der Waals surface area contributed by atoms with Gasteiger partial charge in [0.15, 0.2) is 0 Å². The predicted molar refractivity (Wildman–Crippen MR) is 117 cm³/mol. The molecule has 156 valence electrons. The number of allylic oxidation sites excluding steroid dienone is 3. The molecule has 2 amide bonds. The van der Waals surface area contributed by atoms with Crippen LogP contribution in [0.25, 0.3) is 0 Å². The largest absolute Gasteiger partial charge is 0.381 e. The van der Waals surface area contributed by atoms with Gasteiger partial charge in [0.05, 0.1) is 11.1 Å². The number of hydrogen-bond donors (Lipinski definition) is 1. The van der Waals surface area contributed by atoms with Crippen LogP contribution in [-0.2, 0) is 19.7 Å². The van der Waals surface area contributed by atoms with Crippen LogP contribution in [-0.4, -0.2) is 30.7 Å². The fourth-order valence-electron chi connectivity index (χ4n) is 4.47. The van der Waals surface area contributed by atoms with Gasteiger partial charge < -0.3 is 10.1 Å². The summed E-state index contributed by atoms with van der Waals surface area (Å²) in [5.74, 6) is -0.280. The lowest BCUT2D eigenvalue weighted by molar-refractivity contribution is -0.126. The maximum atomic E-state index is 13.4. The summed E-state index contributed by atoms with van der Waals surface area (Å²) in [6.45, 7) is 7.39. The van der Waals surface area contributed by atoms with E-state index in [4.69, 9.17) is 4.74 Å². The standard InChI is InChI=1S/C25H28N2O3/c1-24(2,3)20-16-22(28)27-21-15-18(9-10-19(20)21)26-23(29)25(11-13-30-14-12-25)17-7-5-4-6-8-17/h4-10,15-16,19H,11-14H2,1-3H3,(H,27,28). The average Bonchev–Trinajstić information content (AvgIpc) is 2.73. The molecule has 1 aromatic rings. The van der Waals surface area contributed by atoms with E-state index in [-0.39, 0.29) is 23.1 Å². The molecule has 0 radical (unpaired) electrons. The predicted octanol–water partition coefficient (Wildman–Crippen LogP) is 3.87. The van der Waals surface area contributed by atoms with Gasteiger partial charge in [-0.15, -0.1) is 0 Å². The van der Waals surface area contributed by atoms with Crippen molar-refractivity contribution < 1.29 is 14.3 Å². The molecule has 5 nitrogen and oxygen atoms in total. The minimum Gasteiger partial charge on any atom is -0.381 e. The Hall–Kier alpha value is -2.79. The third-order valence-electron chi connectivity index (χ3n) is 6.17. The van der Waals surface area contributed by atoms with E-state index >= 15 is 0 Å². The Morgan fingerprint density at radius 1 is 1.13 bits per heavy atom. The minimum absolute atomic E-state index is 0.00270. The van der Waals surface area contributed by atoms with Crippen molar-refractivity contribution in [1.29, 1.82) is 0 Å². The number of nitrogens with zero attached hydrogens (tertiary/aromatic N) is 1. The second-order valence-electron chi connectivity index (χ2n) is 9.18. The zero-order chi connectivity index (χ0) is 21.4. The van der Waals surface area contributed by atoms with Crippen LogP contribution in [0.5, 0.6) is 0 Å². The van der Waals surface area contributed by atoms with Gasteiger partial charge in [0, 0.05) is 30.9 Å². The van der Waals surface area contributed by atoms with Crippen LogP contribution < -0.4 is 5.32 Å². The summed E-state index contributed by atoms with van der Waals surface area (Å²) in [5.41, 5.74) is 2.60. The lowest BCUT2D eigenvalue weighted by Gasteiger charge is -2.36. The van der Waals surface area contributed by atoms with Crippen LogP contribution in [0, 0.1) is 11.3 Å². The number of carbonyl (C=O) groups is 2. The number of amides is 2. The molecular formula is C25H28N2O3. The second-order valence-corrected chi connectivity index (χ2v) is 9.18. The second kappa shape index (κ2) is 7.80. The summed E-state index contributed by atoms with van der Waals surface area (Å²) in [7, 11) is 0. The highest BCUT2D eigenvalue weighted by atomic mass is 16.5. The highest BCUT2D eigenvalue weighted by molar-refractivity contribution is 6.12. The molecule has 1 N–H and O–H groups in total. The van der Waals surface area contributed by atoms with Crippen molar-refractivity contribution in [3.8, 4) is 0 Å². The Morgan fingerprint density at radius 2 is 1.83 bits per heavy atom. The van der Waals surface area contributed by atoms with Crippen molar-refractivity contribution in [2.75, 3.05) is 13.2 Å². The van der Waals surface area contributed by atoms with Gasteiger partial charge in [0.1, 0.15) is 0 Å². The molecule has 1 unspecified atom stereocenters. The first-order valence-corrected chi connectivity index (χ1v) is 10.5. The number of nitrogens with one attached hydrogen (secondary N) is 1. The Labute approximate surface area is 177 Å². The summed E-state index contributed by atoms with van der Waals surface area (Å²) in [4.78, 5) is 30.1. The molecule has 4 rings (SSSR count). The molecule has 5 heteroatoms. The van der Waals surface area contributed by atoms with E-state index in [1.807, 2.05) is 48.6 Å². The van der Waals surface area contributed by atoms with Crippen LogP contribution in [0.4, 0.5) is 0 Å². The number of benzene rings is 1. The lowest BCUT2D eigenvalue weighted by atomic mass is 9.73. The first-order valence-electron chi connectivity index (χ1n) is 10.5. The molecule has 1 aromatic carbocycles. The molecule has 30 heavy (non-hydrogen) atoms. The van der Waals surface area contributed by atoms with Crippen LogP contribution >= 0.6 is 0 Å². The highest BCUT2D eigenvalue weighted by Gasteiger charge is 2.42. The summed E-state index contributed by atoms with van der Waals surface area (Å²) in [6.07, 6.45) is 8.66. The van der Waals surface area contributed by atoms with E-state index in [2.05, 4.69) is 31.1 Å². The van der Waals surface area contributed by atoms with Gasteiger partial charge in [-0.05, 0) is 41.5 Å². The highest BCUT2D eigenvalue weighted by Crippen LogP contribution is 2.39. The number of carbonyl (C=O) groups excluding carboxylic acids is 2. The van der Waals surface area contributed by atoms with Crippen molar-refractivity contribution in [3.05, 3.63) is 71.5 Å². The summed E-state index contributed by atoms with van der Waals surface area (Å²) in [6, 6.07) is 9.86. The van der Waals surface area contributed by atoms with Crippen molar-refractivity contribution in [1.82, 2.24) is 5.32 Å². The van der Waals surface area contributed by atoms with E-state index in [0.29, 0.717) is 31.8 Å². The topological polar surface area (TPSA) is 67.8 Å². The van der Waals surface area contributed by atoms with Gasteiger partial charge in [0.25, 0.3) is 5.91 Å². The number of ether oxygens (including phenoxy) is 1. The molecule has 3 aliphatic rings. The first-order chi connectivity index (χ1) is 14.3. The van der Waals surface area contributed by atoms with Crippen molar-refractivity contribution in [3.63, 3.8) is 0 Å². The summed E-state index contributed by atoms with van der Waals surface area (Å²) in [5, 5.41) is 2.93. The molecule has 2 aliphatic heterocycles. The molecule has 0 aromatic heterocycles. The molecule has 0 bridgehead atoms. The van der Waals surface area contributed by atoms with E-state index in [1.165, 1.54) is 0 Å². The smallest absolute Gasteiger partial charge is 0.257 e. The van der Waals surface area contributed by atoms with Crippen LogP contribution in [0.3, 0.4) is 0 Å². The SMILES string of the molecule is CC(C)(C)C1=CC(=O)NC2=CC(=NC(=O)C3(c4ccccc4)CCOCC3)C=CC21. The molecule has 0 saturated carbocycles. The van der Waals surface area contributed by atoms with Gasteiger partial charge in [0.2, 0.25) is 5.91 Å². The molecular weight excluding hydrogens is 376 g/mol. The summed E-state index contributed by atoms with van der Waals surface area (Å²) >= 11 is 0. The fourth-order valence-corrected chi connectivity index (χ4v) is 4.47. The number of aliphatic imine (C=N–C) groups is 1. The van der Waals surface area contributed by atoms with Gasteiger partial charge >= 0.3 is 0 Å². The maximum absolute atomic E-state index is 13.4. The van der Waals surface area contributed by atoms with Gasteiger partial charge in [-0.2, -0.15) is 0 Å². The number of fused-ring (bicyclic) bond motifs is 1. The molecule has 1 atom stereocenters. The number of rotatable bonds is 2. The fraction of sp³-hybridized carbons (Fsp3) is 0.400. The van der Waals surface area contributed by atoms with E-state index < -0.39 is 5.41 Å². The van der Waals surface area contributed by atoms with E-state index in [1.54, 1.807) is 6.08 Å². The van der Waals surface area contributed by atoms with Crippen LogP contribution in [0.1, 0.15) is 39.2 Å². The van der Waals surface area contributed by atoms with Gasteiger partial charge in [-0.3, -0.25) is 9.59 Å². The quantitative estimate of drug-likeness (QED) is 0.814. The molecule has 1 fully saturated rings. The third kappa shape index (κ3) is 3.82. The molecule has 1 saturated heterocycles. The molecule has 0 spiro atoms. The zero-order valence-electron chi connectivity index (χ0n) is 17.8. The van der Waals surface area contributed by atoms with E-state index in [9.17, 15) is 9.59 Å². The van der Waals surface area contributed by atoms with Crippen molar-refractivity contribution in [2.45, 2.75) is 39.0 Å². The van der Waals surface area contributed by atoms with Crippen molar-refractivity contribution >= 4 is 17.5 Å². The average molecular weight is 405 g/mol. The Kier molecular flexibility index (Phi) is 5.33. The van der Waals surface area contributed by atoms with Gasteiger partial charge in [-0.25, -0.2) is 4.99 Å². The Morgan fingerprint density at radius 3 is 2.50 bits per heavy atom. The normalized spacial score (nSPS) is 24.6.